The third kappa shape index (κ3) is 3.82. The Labute approximate surface area is 171 Å². The van der Waals surface area contributed by atoms with Crippen molar-refractivity contribution in [2.24, 2.45) is 5.92 Å². The summed E-state index contributed by atoms with van der Waals surface area (Å²) in [7, 11) is 2.25. The molecule has 0 bridgehead atoms. The molecule has 0 saturated heterocycles. The van der Waals surface area contributed by atoms with E-state index in [0.717, 1.165) is 30.1 Å². The summed E-state index contributed by atoms with van der Waals surface area (Å²) in [6.45, 7) is 11.8. The van der Waals surface area contributed by atoms with E-state index in [2.05, 4.69) is 57.0 Å². The van der Waals surface area contributed by atoms with Crippen LogP contribution in [0.4, 0.5) is 0 Å². The highest BCUT2D eigenvalue weighted by Crippen LogP contribution is 2.45. The molecule has 1 unspecified atom stereocenters. The van der Waals surface area contributed by atoms with E-state index in [1.165, 1.54) is 36.9 Å². The zero-order valence-corrected chi connectivity index (χ0v) is 18.3. The molecule has 1 aromatic heterocycles. The number of aromatic nitrogens is 1. The Morgan fingerprint density at radius 1 is 1.07 bits per heavy atom. The van der Waals surface area contributed by atoms with Gasteiger partial charge < -0.3 is 4.74 Å². The van der Waals surface area contributed by atoms with Crippen LogP contribution < -0.4 is 4.74 Å². The van der Waals surface area contributed by atoms with Crippen LogP contribution in [0.15, 0.2) is 36.4 Å². The molecule has 1 aliphatic rings. The smallest absolute Gasteiger partial charge is 0.128 e. The van der Waals surface area contributed by atoms with E-state index in [4.69, 9.17) is 9.72 Å². The largest absolute Gasteiger partial charge is 0.493 e. The van der Waals surface area contributed by atoms with Gasteiger partial charge in [0.25, 0.3) is 0 Å². The number of ether oxygens (including phenoxy) is 1. The van der Waals surface area contributed by atoms with Crippen LogP contribution in [0.3, 0.4) is 0 Å². The minimum absolute atomic E-state index is 0.214. The quantitative estimate of drug-likeness (QED) is 0.556. The molecule has 2 heterocycles. The van der Waals surface area contributed by atoms with Gasteiger partial charge in [0.15, 0.2) is 0 Å². The number of para-hydroxylation sites is 1. The Morgan fingerprint density at radius 3 is 2.50 bits per heavy atom. The molecule has 0 N–H and O–H groups in total. The van der Waals surface area contributed by atoms with Crippen molar-refractivity contribution in [3.63, 3.8) is 0 Å². The van der Waals surface area contributed by atoms with Crippen molar-refractivity contribution < 1.29 is 4.74 Å². The highest BCUT2D eigenvalue weighted by molar-refractivity contribution is 5.67. The number of nitrogens with zero attached hydrogens (tertiary/aromatic N) is 2. The fourth-order valence-corrected chi connectivity index (χ4v) is 5.35. The maximum absolute atomic E-state index is 5.86. The highest BCUT2D eigenvalue weighted by Gasteiger charge is 2.43. The van der Waals surface area contributed by atoms with Crippen molar-refractivity contribution in [1.29, 1.82) is 0 Å². The average Bonchev–Trinajstić information content (AvgIpc) is 2.69. The Bertz CT molecular complexity index is 784. The van der Waals surface area contributed by atoms with Crippen LogP contribution in [0, 0.1) is 5.92 Å². The molecular formula is C25H36N2O. The van der Waals surface area contributed by atoms with Crippen molar-refractivity contribution in [3.8, 4) is 17.0 Å². The lowest BCUT2D eigenvalue weighted by atomic mass is 9.63. The predicted molar refractivity (Wildman–Crippen MR) is 118 cm³/mol. The molecule has 3 nitrogen and oxygen atoms in total. The Hall–Kier alpha value is -1.87. The first-order valence-electron chi connectivity index (χ1n) is 11.0. The van der Waals surface area contributed by atoms with Gasteiger partial charge in [0.05, 0.1) is 18.0 Å². The monoisotopic (exact) mass is 380 g/mol. The van der Waals surface area contributed by atoms with Crippen LogP contribution in [0.5, 0.6) is 5.75 Å². The SMILES string of the molecule is CCCC1(C(CC)CC)CN(C)Cc2nc(-c3ccccc3OCC)ccc21. The van der Waals surface area contributed by atoms with Gasteiger partial charge in [-0.15, -0.1) is 0 Å². The fraction of sp³-hybridized carbons (Fsp3) is 0.560. The molecule has 3 rings (SSSR count). The Morgan fingerprint density at radius 2 is 1.82 bits per heavy atom. The van der Waals surface area contributed by atoms with Gasteiger partial charge in [0.1, 0.15) is 5.75 Å². The van der Waals surface area contributed by atoms with Crippen LogP contribution in [-0.2, 0) is 12.0 Å². The van der Waals surface area contributed by atoms with E-state index in [9.17, 15) is 0 Å². The molecule has 1 atom stereocenters. The van der Waals surface area contributed by atoms with Crippen molar-refractivity contribution in [3.05, 3.63) is 47.7 Å². The van der Waals surface area contributed by atoms with Crippen molar-refractivity contribution >= 4 is 0 Å². The van der Waals surface area contributed by atoms with E-state index in [0.29, 0.717) is 12.5 Å². The second-order valence-corrected chi connectivity index (χ2v) is 8.21. The number of benzene rings is 1. The first kappa shape index (κ1) is 20.9. The number of pyridine rings is 1. The van der Waals surface area contributed by atoms with E-state index in [1.807, 2.05) is 19.1 Å². The molecule has 152 valence electrons. The summed E-state index contributed by atoms with van der Waals surface area (Å²) < 4.78 is 5.86. The maximum Gasteiger partial charge on any atom is 0.128 e. The molecule has 0 spiro atoms. The molecule has 3 heteroatoms. The highest BCUT2D eigenvalue weighted by atomic mass is 16.5. The molecule has 1 aliphatic heterocycles. The molecule has 28 heavy (non-hydrogen) atoms. The fourth-order valence-electron chi connectivity index (χ4n) is 5.35. The first-order valence-corrected chi connectivity index (χ1v) is 11.0. The minimum atomic E-state index is 0.214. The first-order chi connectivity index (χ1) is 13.6. The van der Waals surface area contributed by atoms with E-state index in [-0.39, 0.29) is 5.41 Å². The van der Waals surface area contributed by atoms with Gasteiger partial charge in [0.2, 0.25) is 0 Å². The van der Waals surface area contributed by atoms with Crippen molar-refractivity contribution in [1.82, 2.24) is 9.88 Å². The van der Waals surface area contributed by atoms with Crippen molar-refractivity contribution in [2.45, 2.75) is 65.3 Å². The third-order valence-corrected chi connectivity index (χ3v) is 6.41. The van der Waals surface area contributed by atoms with Gasteiger partial charge in [-0.05, 0) is 50.1 Å². The molecule has 0 amide bonds. The summed E-state index contributed by atoms with van der Waals surface area (Å²) in [4.78, 5) is 7.66. The predicted octanol–water partition coefficient (Wildman–Crippen LogP) is 6.07. The van der Waals surface area contributed by atoms with Gasteiger partial charge in [-0.2, -0.15) is 0 Å². The average molecular weight is 381 g/mol. The van der Waals surface area contributed by atoms with Crippen molar-refractivity contribution in [2.75, 3.05) is 20.2 Å². The van der Waals surface area contributed by atoms with Gasteiger partial charge >= 0.3 is 0 Å². The molecule has 0 saturated carbocycles. The van der Waals surface area contributed by atoms with Crippen LogP contribution in [0.25, 0.3) is 11.3 Å². The molecule has 2 aromatic rings. The van der Waals surface area contributed by atoms with E-state index < -0.39 is 0 Å². The summed E-state index contributed by atoms with van der Waals surface area (Å²) in [5.74, 6) is 1.61. The molecule has 1 aromatic carbocycles. The van der Waals surface area contributed by atoms with Crippen LogP contribution in [0.2, 0.25) is 0 Å². The van der Waals surface area contributed by atoms with Gasteiger partial charge in [-0.3, -0.25) is 9.88 Å². The van der Waals surface area contributed by atoms with Crippen LogP contribution in [0.1, 0.15) is 64.6 Å². The lowest BCUT2D eigenvalue weighted by molar-refractivity contribution is 0.129. The van der Waals surface area contributed by atoms with Gasteiger partial charge in [-0.1, -0.05) is 58.2 Å². The lowest BCUT2D eigenvalue weighted by Crippen LogP contribution is -2.49. The van der Waals surface area contributed by atoms with Crippen LogP contribution >= 0.6 is 0 Å². The number of hydrogen-bond acceptors (Lipinski definition) is 3. The van der Waals surface area contributed by atoms with Crippen LogP contribution in [-0.4, -0.2) is 30.1 Å². The summed E-state index contributed by atoms with van der Waals surface area (Å²) in [5, 5.41) is 0. The zero-order chi connectivity index (χ0) is 20.1. The molecule has 0 fully saturated rings. The molecule has 0 radical (unpaired) electrons. The summed E-state index contributed by atoms with van der Waals surface area (Å²) in [6.07, 6.45) is 4.88. The van der Waals surface area contributed by atoms with E-state index >= 15 is 0 Å². The summed E-state index contributed by atoms with van der Waals surface area (Å²) in [5.41, 5.74) is 5.06. The van der Waals surface area contributed by atoms with Gasteiger partial charge in [0, 0.05) is 24.1 Å². The standard InChI is InChI=1S/C25H36N2O/c1-6-16-25(19(7-2)8-3)18-27(5)17-23-21(25)14-15-22(26-23)20-12-10-11-13-24(20)28-9-4/h10-15,19H,6-9,16-18H2,1-5H3. The molecular weight excluding hydrogens is 344 g/mol. The second kappa shape index (κ2) is 9.09. The third-order valence-electron chi connectivity index (χ3n) is 6.41. The normalized spacial score (nSPS) is 19.6. The topological polar surface area (TPSA) is 25.4 Å². The Balaban J connectivity index is 2.11. The zero-order valence-electron chi connectivity index (χ0n) is 18.3. The summed E-state index contributed by atoms with van der Waals surface area (Å²) >= 11 is 0. The lowest BCUT2D eigenvalue weighted by Gasteiger charge is -2.47. The Kier molecular flexibility index (Phi) is 6.77. The number of likely N-dealkylation sites (N-methyl/N-ethyl adjacent to an activating group) is 1. The molecule has 0 aliphatic carbocycles. The number of fused-ring (bicyclic) bond motifs is 1. The minimum Gasteiger partial charge on any atom is -0.493 e. The number of hydrogen-bond donors (Lipinski definition) is 0. The second-order valence-electron chi connectivity index (χ2n) is 8.21. The number of rotatable bonds is 8. The van der Waals surface area contributed by atoms with E-state index in [1.54, 1.807) is 0 Å². The summed E-state index contributed by atoms with van der Waals surface area (Å²) in [6, 6.07) is 12.8. The maximum atomic E-state index is 5.86. The van der Waals surface area contributed by atoms with Gasteiger partial charge in [-0.25, -0.2) is 0 Å².